The summed E-state index contributed by atoms with van der Waals surface area (Å²) in [5, 5.41) is 17.3. The summed E-state index contributed by atoms with van der Waals surface area (Å²) in [4.78, 5) is 11.6. The third-order valence-corrected chi connectivity index (χ3v) is 7.18. The van der Waals surface area contributed by atoms with Crippen LogP contribution < -0.4 is 5.32 Å². The molecule has 1 heterocycles. The fourth-order valence-corrected chi connectivity index (χ4v) is 4.81. The Morgan fingerprint density at radius 1 is 0.784 bits per heavy atom. The van der Waals surface area contributed by atoms with E-state index in [2.05, 4.69) is 34.7 Å². The van der Waals surface area contributed by atoms with Gasteiger partial charge in [-0.25, -0.2) is 0 Å². The van der Waals surface area contributed by atoms with E-state index < -0.39 is 11.4 Å². The maximum absolute atomic E-state index is 11.6. The van der Waals surface area contributed by atoms with Crippen molar-refractivity contribution in [3.05, 3.63) is 114 Å². The number of aromatic nitrogens is 1. The first-order chi connectivity index (χ1) is 18.0. The van der Waals surface area contributed by atoms with Gasteiger partial charge < -0.3 is 14.9 Å². The van der Waals surface area contributed by atoms with Crippen molar-refractivity contribution in [1.29, 1.82) is 0 Å². The highest BCUT2D eigenvalue weighted by Crippen LogP contribution is 2.48. The summed E-state index contributed by atoms with van der Waals surface area (Å²) in [5.74, 6) is -0.0511. The number of nitrogens with zero attached hydrogens (tertiary/aromatic N) is 1. The van der Waals surface area contributed by atoms with Crippen LogP contribution in [0.5, 0.6) is 0 Å². The molecule has 1 fully saturated rings. The van der Waals surface area contributed by atoms with Crippen LogP contribution >= 0.6 is 0 Å². The third kappa shape index (κ3) is 4.29. The lowest BCUT2D eigenvalue weighted by Gasteiger charge is -2.11. The Labute approximate surface area is 215 Å². The van der Waals surface area contributed by atoms with Crippen molar-refractivity contribution in [1.82, 2.24) is 5.16 Å². The van der Waals surface area contributed by atoms with Gasteiger partial charge in [0.25, 0.3) is 0 Å². The van der Waals surface area contributed by atoms with Gasteiger partial charge in [-0.3, -0.25) is 4.79 Å². The molecule has 6 rings (SSSR count). The van der Waals surface area contributed by atoms with Gasteiger partial charge in [-0.2, -0.15) is 0 Å². The van der Waals surface area contributed by atoms with Gasteiger partial charge >= 0.3 is 5.97 Å². The van der Waals surface area contributed by atoms with E-state index in [9.17, 15) is 9.90 Å². The maximum Gasteiger partial charge on any atom is 0.314 e. The molecule has 1 aromatic heterocycles. The standard InChI is InChI=1S/C32H26N2O3/c1-21-29(33-28-9-5-8-26(20-28)22-6-3-2-4-7-22)30(37-34-21)25-12-10-23(11-13-25)24-14-16-27(17-15-24)32(18-19-32)31(35)36/h2-17,20,33H,18-19H2,1H3,(H,35,36). The SMILES string of the molecule is Cc1noc(-c2ccc(-c3ccc(C4(C(=O)O)CC4)cc3)cc2)c1Nc1cccc(-c2ccccc2)c1. The maximum atomic E-state index is 11.6. The van der Waals surface area contributed by atoms with E-state index in [0.717, 1.165) is 50.4 Å². The molecule has 5 nitrogen and oxygen atoms in total. The molecular weight excluding hydrogens is 460 g/mol. The van der Waals surface area contributed by atoms with Gasteiger partial charge in [0.1, 0.15) is 11.4 Å². The van der Waals surface area contributed by atoms with Crippen molar-refractivity contribution in [2.75, 3.05) is 5.32 Å². The van der Waals surface area contributed by atoms with Crippen LogP contribution in [-0.2, 0) is 10.2 Å². The van der Waals surface area contributed by atoms with Crippen molar-refractivity contribution < 1.29 is 14.4 Å². The molecule has 182 valence electrons. The zero-order valence-electron chi connectivity index (χ0n) is 20.4. The first-order valence-corrected chi connectivity index (χ1v) is 12.4. The summed E-state index contributed by atoms with van der Waals surface area (Å²) in [7, 11) is 0. The molecule has 0 aliphatic heterocycles. The van der Waals surface area contributed by atoms with E-state index in [-0.39, 0.29) is 0 Å². The van der Waals surface area contributed by atoms with Crippen LogP contribution in [0.3, 0.4) is 0 Å². The largest absolute Gasteiger partial charge is 0.481 e. The second-order valence-electron chi connectivity index (χ2n) is 9.59. The monoisotopic (exact) mass is 486 g/mol. The molecule has 0 atom stereocenters. The first kappa shape index (κ1) is 22.8. The highest BCUT2D eigenvalue weighted by atomic mass is 16.5. The predicted molar refractivity (Wildman–Crippen MR) is 146 cm³/mol. The number of rotatable bonds is 7. The van der Waals surface area contributed by atoms with Crippen LogP contribution in [0, 0.1) is 6.92 Å². The molecule has 37 heavy (non-hydrogen) atoms. The number of carbonyl (C=O) groups is 1. The molecule has 0 bridgehead atoms. The number of hydrogen-bond acceptors (Lipinski definition) is 4. The first-order valence-electron chi connectivity index (χ1n) is 12.4. The summed E-state index contributed by atoms with van der Waals surface area (Å²) in [5.41, 5.74) is 8.09. The summed E-state index contributed by atoms with van der Waals surface area (Å²) in [6, 6.07) is 34.6. The van der Waals surface area contributed by atoms with Crippen LogP contribution in [0.25, 0.3) is 33.6 Å². The average molecular weight is 487 g/mol. The van der Waals surface area contributed by atoms with Crippen LogP contribution in [0.1, 0.15) is 24.1 Å². The summed E-state index contributed by atoms with van der Waals surface area (Å²) < 4.78 is 5.73. The minimum atomic E-state index is -0.733. The number of nitrogens with one attached hydrogen (secondary N) is 1. The zero-order chi connectivity index (χ0) is 25.4. The number of aliphatic carboxylic acids is 1. The van der Waals surface area contributed by atoms with Gasteiger partial charge in [0.05, 0.1) is 5.41 Å². The fraction of sp³-hybridized carbons (Fsp3) is 0.125. The minimum Gasteiger partial charge on any atom is -0.481 e. The van der Waals surface area contributed by atoms with Crippen molar-refractivity contribution in [2.24, 2.45) is 0 Å². The van der Waals surface area contributed by atoms with Gasteiger partial charge in [-0.05, 0) is 59.7 Å². The molecule has 5 heteroatoms. The number of aryl methyl sites for hydroxylation is 1. The van der Waals surface area contributed by atoms with Crippen LogP contribution in [0.4, 0.5) is 11.4 Å². The van der Waals surface area contributed by atoms with Gasteiger partial charge in [-0.15, -0.1) is 0 Å². The molecule has 1 saturated carbocycles. The highest BCUT2D eigenvalue weighted by Gasteiger charge is 2.51. The number of carboxylic acid groups (broad SMARTS) is 1. The Morgan fingerprint density at radius 3 is 2.03 bits per heavy atom. The lowest BCUT2D eigenvalue weighted by molar-refractivity contribution is -0.140. The molecule has 5 aromatic rings. The zero-order valence-corrected chi connectivity index (χ0v) is 20.4. The molecule has 4 aromatic carbocycles. The van der Waals surface area contributed by atoms with Crippen LogP contribution in [-0.4, -0.2) is 16.2 Å². The molecule has 1 aliphatic carbocycles. The lowest BCUT2D eigenvalue weighted by Crippen LogP contribution is -2.19. The highest BCUT2D eigenvalue weighted by molar-refractivity contribution is 5.85. The summed E-state index contributed by atoms with van der Waals surface area (Å²) in [6.45, 7) is 1.93. The Hall–Kier alpha value is -4.64. The van der Waals surface area contributed by atoms with Gasteiger partial charge in [0.15, 0.2) is 5.76 Å². The lowest BCUT2D eigenvalue weighted by atomic mass is 9.93. The number of benzene rings is 4. The Morgan fingerprint density at radius 2 is 1.38 bits per heavy atom. The Bertz CT molecular complexity index is 1570. The van der Waals surface area contributed by atoms with E-state index in [4.69, 9.17) is 4.52 Å². The second kappa shape index (κ2) is 9.10. The smallest absolute Gasteiger partial charge is 0.314 e. The molecule has 0 radical (unpaired) electrons. The minimum absolute atomic E-state index is 0.682. The second-order valence-corrected chi connectivity index (χ2v) is 9.59. The van der Waals surface area contributed by atoms with E-state index in [1.54, 1.807) is 0 Å². The molecule has 2 N–H and O–H groups in total. The summed E-state index contributed by atoms with van der Waals surface area (Å²) >= 11 is 0. The molecule has 1 aliphatic rings. The van der Waals surface area contributed by atoms with Gasteiger partial charge in [0, 0.05) is 11.3 Å². The predicted octanol–water partition coefficient (Wildman–Crippen LogP) is 7.84. The number of carboxylic acids is 1. The molecule has 0 unspecified atom stereocenters. The average Bonchev–Trinajstić information content (AvgIpc) is 3.69. The van der Waals surface area contributed by atoms with Gasteiger partial charge in [0.2, 0.25) is 0 Å². The van der Waals surface area contributed by atoms with Crippen molar-refractivity contribution in [3.63, 3.8) is 0 Å². The summed E-state index contributed by atoms with van der Waals surface area (Å²) in [6.07, 6.45) is 1.42. The molecule has 0 saturated heterocycles. The fourth-order valence-electron chi connectivity index (χ4n) is 4.81. The Balaban J connectivity index is 1.24. The molecule has 0 amide bonds. The Kier molecular flexibility index (Phi) is 5.61. The topological polar surface area (TPSA) is 75.4 Å². The van der Waals surface area contributed by atoms with Crippen molar-refractivity contribution >= 4 is 17.3 Å². The molecule has 0 spiro atoms. The van der Waals surface area contributed by atoms with Crippen molar-refractivity contribution in [3.8, 4) is 33.6 Å². The number of hydrogen-bond donors (Lipinski definition) is 2. The van der Waals surface area contributed by atoms with Crippen molar-refractivity contribution in [2.45, 2.75) is 25.2 Å². The van der Waals surface area contributed by atoms with Crippen LogP contribution in [0.15, 0.2) is 108 Å². The number of anilines is 2. The van der Waals surface area contributed by atoms with E-state index >= 15 is 0 Å². The normalized spacial score (nSPS) is 13.8. The third-order valence-electron chi connectivity index (χ3n) is 7.18. The van der Waals surface area contributed by atoms with E-state index in [1.165, 1.54) is 0 Å². The van der Waals surface area contributed by atoms with E-state index in [0.29, 0.717) is 18.6 Å². The molecular formula is C32H26N2O3. The van der Waals surface area contributed by atoms with E-state index in [1.807, 2.05) is 85.8 Å². The quantitative estimate of drug-likeness (QED) is 0.245. The van der Waals surface area contributed by atoms with Crippen LogP contribution in [0.2, 0.25) is 0 Å². The van der Waals surface area contributed by atoms with Gasteiger partial charge in [-0.1, -0.05) is 96.2 Å².